The van der Waals surface area contributed by atoms with Gasteiger partial charge in [0, 0.05) is 6.07 Å². The number of rotatable bonds is 3. The number of nitro groups is 1. The molecule has 0 aliphatic carbocycles. The van der Waals surface area contributed by atoms with Gasteiger partial charge in [-0.3, -0.25) is 10.1 Å². The first-order valence-corrected chi connectivity index (χ1v) is 4.96. The van der Waals surface area contributed by atoms with Crippen molar-refractivity contribution in [2.45, 2.75) is 13.8 Å². The van der Waals surface area contributed by atoms with Crippen LogP contribution in [-0.4, -0.2) is 17.5 Å². The van der Waals surface area contributed by atoms with E-state index in [0.29, 0.717) is 5.56 Å². The summed E-state index contributed by atoms with van der Waals surface area (Å²) in [5, 5.41) is 10.5. The van der Waals surface area contributed by atoms with Crippen LogP contribution in [0.5, 0.6) is 0 Å². The second kappa shape index (κ2) is 4.94. The third kappa shape index (κ3) is 2.49. The van der Waals surface area contributed by atoms with Gasteiger partial charge < -0.3 is 4.74 Å². The highest BCUT2D eigenvalue weighted by Crippen LogP contribution is 2.29. The molecule has 0 amide bonds. The van der Waals surface area contributed by atoms with Gasteiger partial charge >= 0.3 is 5.97 Å². The maximum atomic E-state index is 11.5. The Morgan fingerprint density at radius 1 is 1.56 bits per heavy atom. The Morgan fingerprint density at radius 2 is 2.19 bits per heavy atom. The van der Waals surface area contributed by atoms with Gasteiger partial charge in [-0.1, -0.05) is 11.6 Å². The molecular formula is C10H10ClNO4. The molecule has 86 valence electrons. The second-order valence-corrected chi connectivity index (χ2v) is 3.50. The van der Waals surface area contributed by atoms with Crippen LogP contribution in [-0.2, 0) is 4.74 Å². The topological polar surface area (TPSA) is 69.4 Å². The standard InChI is InChI=1S/C10H10ClNO4/c1-3-16-10(13)7-4-6(2)5-8(9(7)11)12(14)15/h4-5H,3H2,1-2H3. The Balaban J connectivity index is 3.29. The smallest absolute Gasteiger partial charge is 0.339 e. The van der Waals surface area contributed by atoms with Gasteiger partial charge in [0.15, 0.2) is 0 Å². The van der Waals surface area contributed by atoms with E-state index in [4.69, 9.17) is 16.3 Å². The Bertz CT molecular complexity index is 445. The number of aryl methyl sites for hydroxylation is 1. The van der Waals surface area contributed by atoms with Crippen LogP contribution in [0.15, 0.2) is 12.1 Å². The number of nitrogens with zero attached hydrogens (tertiary/aromatic N) is 1. The lowest BCUT2D eigenvalue weighted by Gasteiger charge is -2.05. The molecule has 1 aromatic rings. The largest absolute Gasteiger partial charge is 0.462 e. The number of carbonyl (C=O) groups excluding carboxylic acids is 1. The zero-order chi connectivity index (χ0) is 12.3. The molecule has 16 heavy (non-hydrogen) atoms. The molecule has 1 rings (SSSR count). The van der Waals surface area contributed by atoms with Crippen molar-refractivity contribution in [1.82, 2.24) is 0 Å². The van der Waals surface area contributed by atoms with Gasteiger partial charge in [-0.2, -0.15) is 0 Å². The normalized spacial score (nSPS) is 9.94. The van der Waals surface area contributed by atoms with Crippen LogP contribution in [0.3, 0.4) is 0 Å². The molecule has 0 heterocycles. The highest BCUT2D eigenvalue weighted by atomic mass is 35.5. The van der Waals surface area contributed by atoms with Gasteiger partial charge in [-0.15, -0.1) is 0 Å². The van der Waals surface area contributed by atoms with E-state index in [0.717, 1.165) is 0 Å². The van der Waals surface area contributed by atoms with Crippen LogP contribution in [0.4, 0.5) is 5.69 Å². The number of benzene rings is 1. The highest BCUT2D eigenvalue weighted by molar-refractivity contribution is 6.35. The molecule has 0 atom stereocenters. The lowest BCUT2D eigenvalue weighted by Crippen LogP contribution is -2.07. The van der Waals surface area contributed by atoms with Gasteiger partial charge in [0.25, 0.3) is 5.69 Å². The number of halogens is 1. The minimum absolute atomic E-state index is 0.0233. The van der Waals surface area contributed by atoms with Crippen LogP contribution in [0.25, 0.3) is 0 Å². The van der Waals surface area contributed by atoms with Gasteiger partial charge in [-0.05, 0) is 25.5 Å². The summed E-state index contributed by atoms with van der Waals surface area (Å²) in [6.07, 6.45) is 0. The summed E-state index contributed by atoms with van der Waals surface area (Å²) >= 11 is 5.76. The Kier molecular flexibility index (Phi) is 3.84. The summed E-state index contributed by atoms with van der Waals surface area (Å²) in [6, 6.07) is 2.78. The molecule has 0 saturated heterocycles. The van der Waals surface area contributed by atoms with Crippen LogP contribution < -0.4 is 0 Å². The fourth-order valence-electron chi connectivity index (χ4n) is 1.24. The van der Waals surface area contributed by atoms with Crippen LogP contribution in [0, 0.1) is 17.0 Å². The van der Waals surface area contributed by atoms with E-state index in [1.54, 1.807) is 13.8 Å². The van der Waals surface area contributed by atoms with Crippen LogP contribution >= 0.6 is 11.6 Å². The average Bonchev–Trinajstić information content (AvgIpc) is 2.20. The molecule has 0 N–H and O–H groups in total. The molecule has 0 spiro atoms. The molecule has 6 heteroatoms. The van der Waals surface area contributed by atoms with E-state index in [1.165, 1.54) is 12.1 Å². The summed E-state index contributed by atoms with van der Waals surface area (Å²) in [4.78, 5) is 21.5. The monoisotopic (exact) mass is 243 g/mol. The Labute approximate surface area is 97.1 Å². The maximum Gasteiger partial charge on any atom is 0.339 e. The summed E-state index contributed by atoms with van der Waals surface area (Å²) in [5.41, 5.74) is 0.319. The predicted molar refractivity (Wildman–Crippen MR) is 58.8 cm³/mol. The van der Waals surface area contributed by atoms with E-state index in [1.807, 2.05) is 0 Å². The van der Waals surface area contributed by atoms with Crippen molar-refractivity contribution in [2.75, 3.05) is 6.61 Å². The van der Waals surface area contributed by atoms with E-state index in [-0.39, 0.29) is 22.9 Å². The van der Waals surface area contributed by atoms with Gasteiger partial charge in [0.1, 0.15) is 5.02 Å². The summed E-state index contributed by atoms with van der Waals surface area (Å²) in [6.45, 7) is 3.49. The zero-order valence-electron chi connectivity index (χ0n) is 8.82. The predicted octanol–water partition coefficient (Wildman–Crippen LogP) is 2.73. The third-order valence-electron chi connectivity index (χ3n) is 1.89. The van der Waals surface area contributed by atoms with Gasteiger partial charge in [-0.25, -0.2) is 4.79 Å². The van der Waals surface area contributed by atoms with E-state index < -0.39 is 10.9 Å². The molecule has 5 nitrogen and oxygen atoms in total. The molecule has 0 aliphatic rings. The minimum Gasteiger partial charge on any atom is -0.462 e. The number of ether oxygens (including phenoxy) is 1. The first-order valence-electron chi connectivity index (χ1n) is 4.59. The summed E-state index contributed by atoms with van der Waals surface area (Å²) < 4.78 is 4.75. The number of hydrogen-bond donors (Lipinski definition) is 0. The van der Waals surface area contributed by atoms with Crippen molar-refractivity contribution < 1.29 is 14.5 Å². The first kappa shape index (κ1) is 12.4. The molecule has 1 aromatic carbocycles. The number of esters is 1. The first-order chi connectivity index (χ1) is 7.47. The second-order valence-electron chi connectivity index (χ2n) is 3.12. The van der Waals surface area contributed by atoms with Crippen molar-refractivity contribution in [3.05, 3.63) is 38.4 Å². The summed E-state index contributed by atoms with van der Waals surface area (Å²) in [5.74, 6) is -0.653. The van der Waals surface area contributed by atoms with Gasteiger partial charge in [0.2, 0.25) is 0 Å². The minimum atomic E-state index is -0.653. The number of carbonyl (C=O) groups is 1. The molecule has 0 aromatic heterocycles. The molecule has 0 unspecified atom stereocenters. The lowest BCUT2D eigenvalue weighted by atomic mass is 10.1. The van der Waals surface area contributed by atoms with Gasteiger partial charge in [0.05, 0.1) is 17.1 Å². The van der Waals surface area contributed by atoms with E-state index >= 15 is 0 Å². The quantitative estimate of drug-likeness (QED) is 0.465. The van der Waals surface area contributed by atoms with Crippen molar-refractivity contribution >= 4 is 23.3 Å². The molecule has 0 bridgehead atoms. The average molecular weight is 244 g/mol. The molecule has 0 saturated carbocycles. The molecule has 0 radical (unpaired) electrons. The van der Waals surface area contributed by atoms with Crippen molar-refractivity contribution in [3.63, 3.8) is 0 Å². The van der Waals surface area contributed by atoms with Crippen molar-refractivity contribution in [2.24, 2.45) is 0 Å². The highest BCUT2D eigenvalue weighted by Gasteiger charge is 2.21. The van der Waals surface area contributed by atoms with Crippen molar-refractivity contribution in [1.29, 1.82) is 0 Å². The third-order valence-corrected chi connectivity index (χ3v) is 2.29. The maximum absolute atomic E-state index is 11.5. The lowest BCUT2D eigenvalue weighted by molar-refractivity contribution is -0.384. The molecule has 0 fully saturated rings. The molecular weight excluding hydrogens is 234 g/mol. The Hall–Kier alpha value is -1.62. The fraction of sp³-hybridized carbons (Fsp3) is 0.300. The SMILES string of the molecule is CCOC(=O)c1cc(C)cc([N+](=O)[O-])c1Cl. The Morgan fingerprint density at radius 3 is 2.69 bits per heavy atom. The number of hydrogen-bond acceptors (Lipinski definition) is 4. The van der Waals surface area contributed by atoms with Crippen LogP contribution in [0.1, 0.15) is 22.8 Å². The fourth-order valence-corrected chi connectivity index (χ4v) is 1.50. The van der Waals surface area contributed by atoms with E-state index in [2.05, 4.69) is 0 Å². The van der Waals surface area contributed by atoms with Crippen LogP contribution in [0.2, 0.25) is 5.02 Å². The number of nitro benzene ring substituents is 1. The van der Waals surface area contributed by atoms with E-state index in [9.17, 15) is 14.9 Å². The summed E-state index contributed by atoms with van der Waals surface area (Å²) in [7, 11) is 0. The molecule has 0 aliphatic heterocycles. The van der Waals surface area contributed by atoms with Crippen molar-refractivity contribution in [3.8, 4) is 0 Å². The zero-order valence-corrected chi connectivity index (χ0v) is 9.58.